The van der Waals surface area contributed by atoms with Gasteiger partial charge in [-0.1, -0.05) is 11.6 Å². The monoisotopic (exact) mass is 214 g/mol. The molecule has 14 heavy (non-hydrogen) atoms. The van der Waals surface area contributed by atoms with Gasteiger partial charge in [-0.2, -0.15) is 0 Å². The van der Waals surface area contributed by atoms with E-state index in [1.807, 2.05) is 4.57 Å². The fourth-order valence-corrected chi connectivity index (χ4v) is 1.89. The van der Waals surface area contributed by atoms with Crippen molar-refractivity contribution in [3.8, 4) is 0 Å². The minimum atomic E-state index is -0.397. The quantitative estimate of drug-likeness (QED) is 0.833. The molecule has 0 amide bonds. The zero-order valence-corrected chi connectivity index (χ0v) is 9.09. The van der Waals surface area contributed by atoms with E-state index in [0.717, 1.165) is 37.9 Å². The van der Waals surface area contributed by atoms with Crippen LogP contribution in [0.4, 0.5) is 0 Å². The van der Waals surface area contributed by atoms with Gasteiger partial charge in [0.05, 0.1) is 17.6 Å². The van der Waals surface area contributed by atoms with Crippen molar-refractivity contribution in [2.45, 2.75) is 44.8 Å². The summed E-state index contributed by atoms with van der Waals surface area (Å²) in [4.78, 5) is 4.06. The van der Waals surface area contributed by atoms with E-state index >= 15 is 0 Å². The topological polar surface area (TPSA) is 38.0 Å². The average Bonchev–Trinajstić information content (AvgIpc) is 2.78. The molecule has 0 spiro atoms. The van der Waals surface area contributed by atoms with E-state index in [0.29, 0.717) is 5.15 Å². The van der Waals surface area contributed by atoms with Crippen LogP contribution in [0.25, 0.3) is 0 Å². The summed E-state index contributed by atoms with van der Waals surface area (Å²) in [6.07, 6.45) is 5.26. The molecular weight excluding hydrogens is 200 g/mol. The van der Waals surface area contributed by atoms with E-state index in [1.54, 1.807) is 6.33 Å². The van der Waals surface area contributed by atoms with E-state index in [4.69, 9.17) is 11.6 Å². The van der Waals surface area contributed by atoms with Crippen molar-refractivity contribution in [3.63, 3.8) is 0 Å². The van der Waals surface area contributed by atoms with Gasteiger partial charge >= 0.3 is 0 Å². The fourth-order valence-electron chi connectivity index (χ4n) is 1.65. The van der Waals surface area contributed by atoms with Gasteiger partial charge in [-0.25, -0.2) is 4.98 Å². The number of aliphatic hydroxyl groups is 1. The molecule has 1 aliphatic rings. The number of nitrogens with zero attached hydrogens (tertiary/aromatic N) is 2. The van der Waals surface area contributed by atoms with E-state index in [9.17, 15) is 5.11 Å². The largest absolute Gasteiger partial charge is 0.390 e. The smallest absolute Gasteiger partial charge is 0.150 e. The van der Waals surface area contributed by atoms with Crippen molar-refractivity contribution in [2.75, 3.05) is 0 Å². The Bertz CT molecular complexity index is 331. The second-order valence-corrected chi connectivity index (χ2v) is 4.35. The molecule has 1 heterocycles. The molecule has 3 nitrogen and oxygen atoms in total. The van der Waals surface area contributed by atoms with Gasteiger partial charge in [0, 0.05) is 6.54 Å². The minimum absolute atomic E-state index is 0.397. The van der Waals surface area contributed by atoms with Gasteiger partial charge in [-0.3, -0.25) is 0 Å². The molecule has 1 aromatic rings. The van der Waals surface area contributed by atoms with Gasteiger partial charge < -0.3 is 9.67 Å². The van der Waals surface area contributed by atoms with Crippen LogP contribution in [0.1, 0.15) is 31.9 Å². The number of imidazole rings is 1. The second-order valence-electron chi connectivity index (χ2n) is 3.99. The lowest BCUT2D eigenvalue weighted by molar-refractivity contribution is 0.140. The minimum Gasteiger partial charge on any atom is -0.390 e. The first kappa shape index (κ1) is 9.99. The molecule has 0 bridgehead atoms. The summed E-state index contributed by atoms with van der Waals surface area (Å²) in [7, 11) is 0. The molecule has 78 valence electrons. The maximum absolute atomic E-state index is 9.71. The summed E-state index contributed by atoms with van der Waals surface area (Å²) in [5.74, 6) is 0. The van der Waals surface area contributed by atoms with Crippen molar-refractivity contribution in [1.29, 1.82) is 0 Å². The van der Waals surface area contributed by atoms with Crippen LogP contribution in [0.2, 0.25) is 5.15 Å². The second kappa shape index (κ2) is 3.55. The molecule has 1 saturated carbocycles. The Morgan fingerprint density at radius 2 is 2.36 bits per heavy atom. The Hall–Kier alpha value is -0.540. The summed E-state index contributed by atoms with van der Waals surface area (Å²) in [5, 5.41) is 10.3. The van der Waals surface area contributed by atoms with Gasteiger partial charge in [-0.15, -0.1) is 0 Å². The first-order valence-electron chi connectivity index (χ1n) is 5.06. The van der Waals surface area contributed by atoms with Gasteiger partial charge in [0.1, 0.15) is 5.15 Å². The van der Waals surface area contributed by atoms with Gasteiger partial charge in [0.15, 0.2) is 0 Å². The van der Waals surface area contributed by atoms with Crippen LogP contribution >= 0.6 is 11.6 Å². The van der Waals surface area contributed by atoms with E-state index in [1.165, 1.54) is 0 Å². The highest BCUT2D eigenvalue weighted by Crippen LogP contribution is 2.39. The molecule has 0 aromatic carbocycles. The maximum Gasteiger partial charge on any atom is 0.150 e. The number of rotatable bonds is 4. The predicted octanol–water partition coefficient (Wildman–Crippen LogP) is 2.01. The zero-order chi connectivity index (χ0) is 10.2. The normalized spacial score (nSPS) is 18.5. The summed E-state index contributed by atoms with van der Waals surface area (Å²) in [6.45, 7) is 2.95. The van der Waals surface area contributed by atoms with E-state index in [2.05, 4.69) is 11.9 Å². The molecule has 1 N–H and O–H groups in total. The highest BCUT2D eigenvalue weighted by molar-refractivity contribution is 6.30. The fraction of sp³-hybridized carbons (Fsp3) is 0.700. The molecule has 0 radical (unpaired) electrons. The molecule has 0 saturated heterocycles. The average molecular weight is 215 g/mol. The molecule has 1 fully saturated rings. The summed E-state index contributed by atoms with van der Waals surface area (Å²) in [5.41, 5.74) is 0.654. The highest BCUT2D eigenvalue weighted by Gasteiger charge is 2.39. The third-order valence-corrected chi connectivity index (χ3v) is 3.21. The molecule has 0 atom stereocenters. The number of hydrogen-bond acceptors (Lipinski definition) is 2. The molecule has 4 heteroatoms. The van der Waals surface area contributed by atoms with Crippen LogP contribution < -0.4 is 0 Å². The lowest BCUT2D eigenvalue weighted by atomic mass is 10.1. The first-order valence-corrected chi connectivity index (χ1v) is 5.44. The third-order valence-electron chi connectivity index (χ3n) is 2.89. The SMILES string of the molecule is CCn1cnc(Cl)c1CCC1(O)CC1. The number of halogens is 1. The molecule has 1 aromatic heterocycles. The number of hydrogen-bond donors (Lipinski definition) is 1. The molecular formula is C10H15ClN2O. The van der Waals surface area contributed by atoms with Crippen LogP contribution in [0.15, 0.2) is 6.33 Å². The Kier molecular flexibility index (Phi) is 2.54. The Balaban J connectivity index is 2.03. The van der Waals surface area contributed by atoms with Crippen LogP contribution in [-0.2, 0) is 13.0 Å². The summed E-state index contributed by atoms with van der Waals surface area (Å²) in [6, 6.07) is 0. The predicted molar refractivity (Wildman–Crippen MR) is 55.4 cm³/mol. The standard InChI is InChI=1S/C10H15ClN2O/c1-2-13-7-12-9(11)8(13)3-4-10(14)5-6-10/h7,14H,2-6H2,1H3. The zero-order valence-electron chi connectivity index (χ0n) is 8.33. The van der Waals surface area contributed by atoms with Gasteiger partial charge in [0.2, 0.25) is 0 Å². The van der Waals surface area contributed by atoms with Crippen LogP contribution in [0.5, 0.6) is 0 Å². The van der Waals surface area contributed by atoms with Crippen LogP contribution in [0.3, 0.4) is 0 Å². The summed E-state index contributed by atoms with van der Waals surface area (Å²) >= 11 is 5.96. The van der Waals surface area contributed by atoms with Crippen LogP contribution in [-0.4, -0.2) is 20.3 Å². The van der Waals surface area contributed by atoms with Crippen molar-refractivity contribution in [1.82, 2.24) is 9.55 Å². The number of aryl methyl sites for hydroxylation is 1. The maximum atomic E-state index is 9.71. The van der Waals surface area contributed by atoms with Crippen LogP contribution in [0, 0.1) is 0 Å². The molecule has 1 aliphatic carbocycles. The number of aromatic nitrogens is 2. The van der Waals surface area contributed by atoms with Crippen molar-refractivity contribution < 1.29 is 5.11 Å². The van der Waals surface area contributed by atoms with Gasteiger partial charge in [0.25, 0.3) is 0 Å². The Morgan fingerprint density at radius 3 is 2.93 bits per heavy atom. The molecule has 0 unspecified atom stereocenters. The lowest BCUT2D eigenvalue weighted by Gasteiger charge is -2.09. The third kappa shape index (κ3) is 1.93. The van der Waals surface area contributed by atoms with Crippen molar-refractivity contribution in [3.05, 3.63) is 17.2 Å². The Labute approximate surface area is 88.7 Å². The molecule has 0 aliphatic heterocycles. The summed E-state index contributed by atoms with van der Waals surface area (Å²) < 4.78 is 2.04. The molecule has 2 rings (SSSR count). The van der Waals surface area contributed by atoms with Gasteiger partial charge in [-0.05, 0) is 32.6 Å². The van der Waals surface area contributed by atoms with Crippen molar-refractivity contribution >= 4 is 11.6 Å². The van der Waals surface area contributed by atoms with E-state index < -0.39 is 5.60 Å². The van der Waals surface area contributed by atoms with Crippen molar-refractivity contribution in [2.24, 2.45) is 0 Å². The first-order chi connectivity index (χ1) is 6.64. The Morgan fingerprint density at radius 1 is 1.64 bits per heavy atom. The van der Waals surface area contributed by atoms with E-state index in [-0.39, 0.29) is 0 Å². The lowest BCUT2D eigenvalue weighted by Crippen LogP contribution is -2.10. The highest BCUT2D eigenvalue weighted by atomic mass is 35.5.